The summed E-state index contributed by atoms with van der Waals surface area (Å²) in [7, 11) is 1.52. The molecule has 0 amide bonds. The molecule has 0 N–H and O–H groups in total. The maximum Gasteiger partial charge on any atom is 0.245 e. The van der Waals surface area contributed by atoms with E-state index in [9.17, 15) is 8.78 Å². The van der Waals surface area contributed by atoms with Crippen LogP contribution in [0.15, 0.2) is 36.5 Å². The lowest BCUT2D eigenvalue weighted by atomic mass is 10.0. The highest BCUT2D eigenvalue weighted by Crippen LogP contribution is 2.23. The molecule has 0 saturated heterocycles. The Morgan fingerprint density at radius 3 is 2.48 bits per heavy atom. The quantitative estimate of drug-likeness (QED) is 0.740. The summed E-state index contributed by atoms with van der Waals surface area (Å²) < 4.78 is 37.0. The van der Waals surface area contributed by atoms with Gasteiger partial charge in [-0.05, 0) is 36.6 Å². The first-order chi connectivity index (χ1) is 11.0. The summed E-state index contributed by atoms with van der Waals surface area (Å²) in [6.07, 6.45) is -0.770. The molecule has 0 fully saturated rings. The maximum atomic E-state index is 13.2. The lowest BCUT2D eigenvalue weighted by molar-refractivity contribution is 0.0480. The Kier molecular flexibility index (Phi) is 6.16. The van der Waals surface area contributed by atoms with Gasteiger partial charge in [-0.15, -0.1) is 0 Å². The van der Waals surface area contributed by atoms with E-state index in [4.69, 9.17) is 21.1 Å². The van der Waals surface area contributed by atoms with Gasteiger partial charge in [0.25, 0.3) is 0 Å². The number of nitrogens with zero attached hydrogens (tertiary/aromatic N) is 1. The molecule has 0 aliphatic carbocycles. The molecule has 124 valence electrons. The maximum absolute atomic E-state index is 13.2. The van der Waals surface area contributed by atoms with Crippen LogP contribution in [0.25, 0.3) is 0 Å². The van der Waals surface area contributed by atoms with E-state index in [1.165, 1.54) is 13.3 Å². The molecular formula is C17H18ClF2NO2. The lowest BCUT2D eigenvalue weighted by Gasteiger charge is -2.18. The van der Waals surface area contributed by atoms with Gasteiger partial charge in [0.15, 0.2) is 0 Å². The second-order valence-corrected chi connectivity index (χ2v) is 5.66. The van der Waals surface area contributed by atoms with Crippen molar-refractivity contribution in [3.8, 4) is 11.6 Å². The number of benzene rings is 1. The van der Waals surface area contributed by atoms with Crippen LogP contribution < -0.4 is 9.47 Å². The van der Waals surface area contributed by atoms with Crippen molar-refractivity contribution >= 4 is 11.6 Å². The number of ether oxygens (including phenoxy) is 2. The molecule has 2 rings (SSSR count). The van der Waals surface area contributed by atoms with Crippen molar-refractivity contribution in [3.63, 3.8) is 0 Å². The largest absolute Gasteiger partial charge is 0.491 e. The fourth-order valence-corrected chi connectivity index (χ4v) is 2.25. The monoisotopic (exact) mass is 341 g/mol. The van der Waals surface area contributed by atoms with Gasteiger partial charge >= 0.3 is 0 Å². The molecule has 3 nitrogen and oxygen atoms in total. The number of pyridine rings is 1. The highest BCUT2D eigenvalue weighted by molar-refractivity contribution is 6.30. The highest BCUT2D eigenvalue weighted by Gasteiger charge is 2.22. The molecule has 23 heavy (non-hydrogen) atoms. The Morgan fingerprint density at radius 1 is 1.22 bits per heavy atom. The molecule has 0 bridgehead atoms. The van der Waals surface area contributed by atoms with Gasteiger partial charge in [0.05, 0.1) is 25.8 Å². The first-order valence-corrected chi connectivity index (χ1v) is 7.53. The normalized spacial score (nSPS) is 12.3. The first kappa shape index (κ1) is 17.5. The van der Waals surface area contributed by atoms with Crippen LogP contribution in [0.2, 0.25) is 5.02 Å². The van der Waals surface area contributed by atoms with E-state index >= 15 is 0 Å². The molecule has 0 spiro atoms. The molecule has 0 radical (unpaired) electrons. The average molecular weight is 342 g/mol. The molecule has 0 aliphatic rings. The van der Waals surface area contributed by atoms with Crippen LogP contribution in [-0.4, -0.2) is 25.1 Å². The zero-order valence-corrected chi connectivity index (χ0v) is 13.7. The summed E-state index contributed by atoms with van der Waals surface area (Å²) >= 11 is 5.80. The zero-order chi connectivity index (χ0) is 16.8. The molecule has 0 aliphatic heterocycles. The molecule has 1 aromatic heterocycles. The van der Waals surface area contributed by atoms with E-state index in [-0.39, 0.29) is 13.0 Å². The Morgan fingerprint density at radius 2 is 1.91 bits per heavy atom. The van der Waals surface area contributed by atoms with Crippen LogP contribution >= 0.6 is 11.6 Å². The SMILES string of the molecule is COc1cc(C)c(OCC(Cc2ccc(Cl)cc2)C(F)F)cn1. The van der Waals surface area contributed by atoms with Gasteiger partial charge in [-0.25, -0.2) is 13.8 Å². The van der Waals surface area contributed by atoms with Crippen molar-refractivity contribution in [3.05, 3.63) is 52.7 Å². The Labute approximate surface area is 139 Å². The van der Waals surface area contributed by atoms with Gasteiger partial charge in [0.1, 0.15) is 5.75 Å². The number of alkyl halides is 2. The molecule has 1 heterocycles. The van der Waals surface area contributed by atoms with Crippen molar-refractivity contribution in [2.24, 2.45) is 5.92 Å². The summed E-state index contributed by atoms with van der Waals surface area (Å²) in [6.45, 7) is 1.73. The predicted molar refractivity (Wildman–Crippen MR) is 85.7 cm³/mol. The van der Waals surface area contributed by atoms with Crippen molar-refractivity contribution in [2.75, 3.05) is 13.7 Å². The standard InChI is InChI=1S/C17H18ClF2NO2/c1-11-7-16(22-2)21-9-15(11)23-10-13(17(19)20)8-12-3-5-14(18)6-4-12/h3-7,9,13,17H,8,10H2,1-2H3. The summed E-state index contributed by atoms with van der Waals surface area (Å²) in [5.74, 6) is 0.0339. The number of hydrogen-bond donors (Lipinski definition) is 0. The van der Waals surface area contributed by atoms with E-state index in [0.29, 0.717) is 16.7 Å². The van der Waals surface area contributed by atoms with Crippen LogP contribution in [0.3, 0.4) is 0 Å². The Hall–Kier alpha value is -1.88. The number of halogens is 3. The number of aryl methyl sites for hydroxylation is 1. The van der Waals surface area contributed by atoms with Crippen molar-refractivity contribution in [1.29, 1.82) is 0 Å². The van der Waals surface area contributed by atoms with Crippen LogP contribution in [0, 0.1) is 12.8 Å². The minimum Gasteiger partial charge on any atom is -0.491 e. The van der Waals surface area contributed by atoms with Crippen molar-refractivity contribution in [2.45, 2.75) is 19.8 Å². The second kappa shape index (κ2) is 8.11. The van der Waals surface area contributed by atoms with E-state index in [0.717, 1.165) is 11.1 Å². The third-order valence-corrected chi connectivity index (χ3v) is 3.72. The van der Waals surface area contributed by atoms with E-state index in [1.807, 2.05) is 6.92 Å². The van der Waals surface area contributed by atoms with Gasteiger partial charge in [-0.1, -0.05) is 23.7 Å². The van der Waals surface area contributed by atoms with E-state index < -0.39 is 12.3 Å². The Balaban J connectivity index is 2.01. The summed E-state index contributed by atoms with van der Waals surface area (Å²) in [4.78, 5) is 4.03. The van der Waals surface area contributed by atoms with Gasteiger partial charge in [0.2, 0.25) is 12.3 Å². The van der Waals surface area contributed by atoms with Gasteiger partial charge in [0, 0.05) is 11.1 Å². The third-order valence-electron chi connectivity index (χ3n) is 3.47. The van der Waals surface area contributed by atoms with E-state index in [2.05, 4.69) is 4.98 Å². The molecule has 1 unspecified atom stereocenters. The summed E-state index contributed by atoms with van der Waals surface area (Å²) in [5, 5.41) is 0.582. The number of rotatable bonds is 7. The number of methoxy groups -OCH3 is 1. The topological polar surface area (TPSA) is 31.4 Å². The molecule has 0 saturated carbocycles. The number of aromatic nitrogens is 1. The van der Waals surface area contributed by atoms with Crippen LogP contribution in [0.1, 0.15) is 11.1 Å². The Bertz CT molecular complexity index is 635. The van der Waals surface area contributed by atoms with Crippen LogP contribution in [0.5, 0.6) is 11.6 Å². The predicted octanol–water partition coefficient (Wildman–Crippen LogP) is 4.55. The lowest BCUT2D eigenvalue weighted by Crippen LogP contribution is -2.22. The molecular weight excluding hydrogens is 324 g/mol. The zero-order valence-electron chi connectivity index (χ0n) is 12.9. The van der Waals surface area contributed by atoms with Crippen LogP contribution in [-0.2, 0) is 6.42 Å². The van der Waals surface area contributed by atoms with E-state index in [1.54, 1.807) is 30.3 Å². The van der Waals surface area contributed by atoms with Gasteiger partial charge in [-0.2, -0.15) is 0 Å². The van der Waals surface area contributed by atoms with Crippen molar-refractivity contribution < 1.29 is 18.3 Å². The first-order valence-electron chi connectivity index (χ1n) is 7.15. The summed E-state index contributed by atoms with van der Waals surface area (Å²) in [5.41, 5.74) is 1.59. The molecule has 6 heteroatoms. The molecule has 2 aromatic rings. The summed E-state index contributed by atoms with van der Waals surface area (Å²) in [6, 6.07) is 8.58. The fourth-order valence-electron chi connectivity index (χ4n) is 2.12. The smallest absolute Gasteiger partial charge is 0.245 e. The second-order valence-electron chi connectivity index (χ2n) is 5.23. The average Bonchev–Trinajstić information content (AvgIpc) is 2.53. The third kappa shape index (κ3) is 5.06. The van der Waals surface area contributed by atoms with Gasteiger partial charge < -0.3 is 9.47 Å². The minimum absolute atomic E-state index is 0.0882. The molecule has 1 atom stereocenters. The minimum atomic E-state index is -2.47. The van der Waals surface area contributed by atoms with Crippen LogP contribution in [0.4, 0.5) is 8.78 Å². The highest BCUT2D eigenvalue weighted by atomic mass is 35.5. The number of hydrogen-bond acceptors (Lipinski definition) is 3. The van der Waals surface area contributed by atoms with Crippen molar-refractivity contribution in [1.82, 2.24) is 4.98 Å². The van der Waals surface area contributed by atoms with Gasteiger partial charge in [-0.3, -0.25) is 0 Å². The molecule has 1 aromatic carbocycles. The fraction of sp³-hybridized carbons (Fsp3) is 0.353.